The Bertz CT molecular complexity index is 1580. The average Bonchev–Trinajstić information content (AvgIpc) is 3.36. The predicted molar refractivity (Wildman–Crippen MR) is 169 cm³/mol. The molecule has 9 heteroatoms. The standard InChI is InChI=1S/C32H35NO5S2.ClH/c1-2-3-21-40(36,37)27-15-16-28-29(22-27)39-32(24-7-11-25(34)12-8-24)30(28)31(35)23-9-13-26(14-10-23)38-20-19-33-17-5-4-6-18-33;/h7-16,22,34H,2-6,17-21H2,1H3;1H. The van der Waals surface area contributed by atoms with Gasteiger partial charge in [0.05, 0.1) is 10.6 Å². The molecule has 1 N–H and O–H groups in total. The maximum Gasteiger partial charge on any atom is 0.195 e. The minimum Gasteiger partial charge on any atom is -0.508 e. The first-order valence-corrected chi connectivity index (χ1v) is 16.4. The Kier molecular flexibility index (Phi) is 10.5. The molecule has 6 nitrogen and oxygen atoms in total. The largest absolute Gasteiger partial charge is 0.508 e. The number of phenolic OH excluding ortho intramolecular Hbond substituents is 1. The predicted octanol–water partition coefficient (Wildman–Crippen LogP) is 7.37. The van der Waals surface area contributed by atoms with E-state index in [9.17, 15) is 18.3 Å². The van der Waals surface area contributed by atoms with Crippen molar-refractivity contribution in [1.82, 2.24) is 4.90 Å². The molecule has 4 aromatic rings. The number of ether oxygens (including phenoxy) is 1. The number of unbranched alkanes of at least 4 members (excludes halogenated alkanes) is 1. The molecule has 1 aliphatic rings. The third kappa shape index (κ3) is 7.30. The van der Waals surface area contributed by atoms with Crippen LogP contribution in [-0.4, -0.2) is 56.2 Å². The van der Waals surface area contributed by atoms with Gasteiger partial charge in [0.1, 0.15) is 18.1 Å². The molecule has 1 aliphatic heterocycles. The number of halogens is 1. The number of ketones is 1. The highest BCUT2D eigenvalue weighted by Gasteiger charge is 2.24. The third-order valence-electron chi connectivity index (χ3n) is 7.39. The van der Waals surface area contributed by atoms with Gasteiger partial charge in [-0.25, -0.2) is 8.42 Å². The fraction of sp³-hybridized carbons (Fsp3) is 0.344. The molecule has 2 heterocycles. The van der Waals surface area contributed by atoms with Crippen molar-refractivity contribution in [3.05, 3.63) is 77.9 Å². The monoisotopic (exact) mass is 613 g/mol. The van der Waals surface area contributed by atoms with Crippen LogP contribution in [0.3, 0.4) is 0 Å². The summed E-state index contributed by atoms with van der Waals surface area (Å²) >= 11 is 1.39. The summed E-state index contributed by atoms with van der Waals surface area (Å²) in [4.78, 5) is 17.4. The number of sulfone groups is 1. The van der Waals surface area contributed by atoms with E-state index in [1.54, 1.807) is 54.6 Å². The van der Waals surface area contributed by atoms with Gasteiger partial charge in [0.15, 0.2) is 15.6 Å². The van der Waals surface area contributed by atoms with Crippen LogP contribution in [0.1, 0.15) is 54.9 Å². The molecule has 0 atom stereocenters. The molecule has 1 fully saturated rings. The Morgan fingerprint density at radius 2 is 1.68 bits per heavy atom. The highest BCUT2D eigenvalue weighted by Crippen LogP contribution is 2.41. The zero-order valence-corrected chi connectivity index (χ0v) is 25.6. The van der Waals surface area contributed by atoms with Gasteiger partial charge < -0.3 is 9.84 Å². The van der Waals surface area contributed by atoms with Gasteiger partial charge in [-0.15, -0.1) is 23.7 Å². The smallest absolute Gasteiger partial charge is 0.195 e. The highest BCUT2D eigenvalue weighted by molar-refractivity contribution is 7.91. The van der Waals surface area contributed by atoms with E-state index in [0.29, 0.717) is 24.2 Å². The van der Waals surface area contributed by atoms with Gasteiger partial charge in [0, 0.05) is 32.6 Å². The van der Waals surface area contributed by atoms with Gasteiger partial charge in [0.2, 0.25) is 0 Å². The van der Waals surface area contributed by atoms with E-state index in [4.69, 9.17) is 4.74 Å². The van der Waals surface area contributed by atoms with E-state index in [1.165, 1.54) is 30.6 Å². The van der Waals surface area contributed by atoms with E-state index < -0.39 is 9.84 Å². The number of piperidine rings is 1. The first-order valence-electron chi connectivity index (χ1n) is 13.9. The molecule has 0 spiro atoms. The summed E-state index contributed by atoms with van der Waals surface area (Å²) in [7, 11) is -3.41. The molecule has 5 rings (SSSR count). The Morgan fingerprint density at radius 3 is 2.37 bits per heavy atom. The second kappa shape index (κ2) is 13.8. The molecule has 0 unspecified atom stereocenters. The van der Waals surface area contributed by atoms with Crippen molar-refractivity contribution >= 4 is 49.5 Å². The Morgan fingerprint density at radius 1 is 0.976 bits per heavy atom. The van der Waals surface area contributed by atoms with Crippen LogP contribution in [0.2, 0.25) is 0 Å². The first kappa shape index (κ1) is 31.0. The van der Waals surface area contributed by atoms with Gasteiger partial charge in [-0.05, 0) is 98.6 Å². The number of nitrogens with zero attached hydrogens (tertiary/aromatic N) is 1. The lowest BCUT2D eigenvalue weighted by Crippen LogP contribution is -2.33. The molecule has 1 saturated heterocycles. The second-order valence-corrected chi connectivity index (χ2v) is 13.4. The zero-order chi connectivity index (χ0) is 28.1. The molecule has 1 aromatic heterocycles. The molecule has 3 aromatic carbocycles. The molecule has 0 amide bonds. The molecular formula is C32H36ClNO5S2. The summed E-state index contributed by atoms with van der Waals surface area (Å²) in [5, 5.41) is 10.5. The number of benzene rings is 3. The van der Waals surface area contributed by atoms with Gasteiger partial charge >= 0.3 is 0 Å². The second-order valence-electron chi connectivity index (χ2n) is 10.3. The van der Waals surface area contributed by atoms with Crippen LogP contribution in [-0.2, 0) is 9.84 Å². The highest BCUT2D eigenvalue weighted by atomic mass is 35.5. The van der Waals surface area contributed by atoms with Crippen molar-refractivity contribution < 1.29 is 23.1 Å². The van der Waals surface area contributed by atoms with Crippen molar-refractivity contribution in [3.8, 4) is 21.9 Å². The maximum atomic E-state index is 13.9. The Hall–Kier alpha value is -2.91. The van der Waals surface area contributed by atoms with E-state index in [0.717, 1.165) is 52.3 Å². The lowest BCUT2D eigenvalue weighted by Gasteiger charge is -2.26. The molecule has 0 radical (unpaired) electrons. The van der Waals surface area contributed by atoms with Crippen molar-refractivity contribution in [1.29, 1.82) is 0 Å². The molecule has 41 heavy (non-hydrogen) atoms. The van der Waals surface area contributed by atoms with Crippen LogP contribution in [0.4, 0.5) is 0 Å². The van der Waals surface area contributed by atoms with Gasteiger partial charge in [-0.2, -0.15) is 0 Å². The minimum atomic E-state index is -3.41. The quantitative estimate of drug-likeness (QED) is 0.178. The lowest BCUT2D eigenvalue weighted by atomic mass is 9.97. The minimum absolute atomic E-state index is 0. The number of carbonyl (C=O) groups is 1. The first-order chi connectivity index (χ1) is 19.4. The van der Waals surface area contributed by atoms with Crippen molar-refractivity contribution in [2.24, 2.45) is 0 Å². The summed E-state index contributed by atoms with van der Waals surface area (Å²) in [6, 6.07) is 19.0. The molecular weight excluding hydrogens is 578 g/mol. The van der Waals surface area contributed by atoms with Crippen LogP contribution in [0.25, 0.3) is 20.5 Å². The van der Waals surface area contributed by atoms with Crippen LogP contribution in [0.15, 0.2) is 71.6 Å². The molecule has 0 saturated carbocycles. The van der Waals surface area contributed by atoms with Crippen LogP contribution < -0.4 is 4.74 Å². The Labute approximate surface area is 252 Å². The number of hydrogen-bond donors (Lipinski definition) is 1. The van der Waals surface area contributed by atoms with Gasteiger partial charge in [0.25, 0.3) is 0 Å². The van der Waals surface area contributed by atoms with Crippen molar-refractivity contribution in [3.63, 3.8) is 0 Å². The SMILES string of the molecule is CCCCS(=O)(=O)c1ccc2c(C(=O)c3ccc(OCCN4CCCCC4)cc3)c(-c3ccc(O)cc3)sc2c1.Cl. The fourth-order valence-corrected chi connectivity index (χ4v) is 7.88. The van der Waals surface area contributed by atoms with Crippen LogP contribution in [0.5, 0.6) is 11.5 Å². The van der Waals surface area contributed by atoms with E-state index in [1.807, 2.05) is 19.1 Å². The number of likely N-dealkylation sites (tertiary alicyclic amines) is 1. The molecule has 218 valence electrons. The summed E-state index contributed by atoms with van der Waals surface area (Å²) in [6.45, 7) is 5.72. The number of rotatable bonds is 11. The number of aromatic hydroxyl groups is 1. The van der Waals surface area contributed by atoms with Crippen molar-refractivity contribution in [2.45, 2.75) is 43.9 Å². The molecule has 0 bridgehead atoms. The maximum absolute atomic E-state index is 13.9. The number of fused-ring (bicyclic) bond motifs is 1. The number of hydrogen-bond acceptors (Lipinski definition) is 7. The van der Waals surface area contributed by atoms with Gasteiger partial charge in [-0.1, -0.05) is 25.8 Å². The number of thiophene rings is 1. The normalized spacial score (nSPS) is 14.1. The van der Waals surface area contributed by atoms with Crippen LogP contribution in [0, 0.1) is 0 Å². The van der Waals surface area contributed by atoms with E-state index in [2.05, 4.69) is 4.90 Å². The number of carbonyl (C=O) groups excluding carboxylic acids is 1. The average molecular weight is 614 g/mol. The summed E-state index contributed by atoms with van der Waals surface area (Å²) in [5.41, 5.74) is 1.85. The fourth-order valence-electron chi connectivity index (χ4n) is 5.09. The summed E-state index contributed by atoms with van der Waals surface area (Å²) in [6.07, 6.45) is 5.20. The third-order valence-corrected chi connectivity index (χ3v) is 10.4. The number of phenols is 1. The van der Waals surface area contributed by atoms with Gasteiger partial charge in [-0.3, -0.25) is 9.69 Å². The topological polar surface area (TPSA) is 83.9 Å². The van der Waals surface area contributed by atoms with Crippen LogP contribution >= 0.6 is 23.7 Å². The summed E-state index contributed by atoms with van der Waals surface area (Å²) in [5.74, 6) is 0.821. The van der Waals surface area contributed by atoms with E-state index in [-0.39, 0.29) is 34.6 Å². The van der Waals surface area contributed by atoms with E-state index >= 15 is 0 Å². The van der Waals surface area contributed by atoms with Crippen molar-refractivity contribution in [2.75, 3.05) is 32.0 Å². The summed E-state index contributed by atoms with van der Waals surface area (Å²) < 4.78 is 32.5. The molecule has 0 aliphatic carbocycles. The zero-order valence-electron chi connectivity index (χ0n) is 23.2. The lowest BCUT2D eigenvalue weighted by molar-refractivity contribution is 0.104. The Balaban J connectivity index is 0.00000387.